The van der Waals surface area contributed by atoms with E-state index in [1.54, 1.807) is 11.3 Å². The molecule has 0 unspecified atom stereocenters. The fraction of sp³-hybridized carbons (Fsp3) is 0.200. The van der Waals surface area contributed by atoms with Crippen LogP contribution < -0.4 is 10.5 Å². The molecule has 0 aliphatic rings. The number of hydrogen-bond acceptors (Lipinski definition) is 6. The lowest BCUT2D eigenvalue weighted by Crippen LogP contribution is -2.30. The minimum atomic E-state index is -4.09. The quantitative estimate of drug-likeness (QED) is 0.690. The molecule has 10 heteroatoms. The molecule has 0 aliphatic carbocycles. The second-order valence-electron chi connectivity index (χ2n) is 4.94. The summed E-state index contributed by atoms with van der Waals surface area (Å²) in [6.07, 6.45) is 0.641. The first-order valence-corrected chi connectivity index (χ1v) is 9.48. The second-order valence-corrected chi connectivity index (χ2v) is 7.54. The lowest BCUT2D eigenvalue weighted by molar-refractivity contribution is -0.124. The Morgan fingerprint density at radius 2 is 2.04 bits per heavy atom. The third-order valence-electron chi connectivity index (χ3n) is 3.09. The summed E-state index contributed by atoms with van der Waals surface area (Å²) < 4.78 is 40.8. The summed E-state index contributed by atoms with van der Waals surface area (Å²) in [5.41, 5.74) is -0.613. The monoisotopic (exact) mass is 386 g/mol. The maximum atomic E-state index is 13.7. The third-order valence-corrected chi connectivity index (χ3v) is 4.94. The van der Waals surface area contributed by atoms with Crippen LogP contribution in [-0.2, 0) is 26.0 Å². The molecule has 0 saturated carbocycles. The van der Waals surface area contributed by atoms with Crippen molar-refractivity contribution in [3.63, 3.8) is 0 Å². The molecule has 134 valence electrons. The first kappa shape index (κ1) is 19.0. The van der Waals surface area contributed by atoms with Gasteiger partial charge in [-0.3, -0.25) is 4.79 Å². The van der Waals surface area contributed by atoms with Crippen LogP contribution in [0.25, 0.3) is 0 Å². The molecule has 0 saturated heterocycles. The van der Waals surface area contributed by atoms with Crippen LogP contribution in [0.3, 0.4) is 0 Å². The summed E-state index contributed by atoms with van der Waals surface area (Å²) in [6, 6.07) is 6.31. The predicted molar refractivity (Wildman–Crippen MR) is 89.1 cm³/mol. The zero-order valence-electron chi connectivity index (χ0n) is 12.9. The number of amides is 1. The zero-order valence-corrected chi connectivity index (χ0v) is 14.5. The highest BCUT2D eigenvalue weighted by Gasteiger charge is 2.18. The molecule has 1 aromatic carbocycles. The third kappa shape index (κ3) is 5.62. The number of sulfonamides is 1. The van der Waals surface area contributed by atoms with E-state index in [2.05, 4.69) is 5.32 Å². The van der Waals surface area contributed by atoms with Crippen molar-refractivity contribution in [1.82, 2.24) is 5.32 Å². The number of nitrogens with two attached hydrogens (primary N) is 1. The van der Waals surface area contributed by atoms with Gasteiger partial charge in [0, 0.05) is 11.4 Å². The van der Waals surface area contributed by atoms with E-state index < -0.39 is 44.8 Å². The average Bonchev–Trinajstić information content (AvgIpc) is 3.05. The van der Waals surface area contributed by atoms with Gasteiger partial charge in [-0.15, -0.1) is 11.3 Å². The van der Waals surface area contributed by atoms with E-state index in [9.17, 15) is 22.4 Å². The molecule has 0 atom stereocenters. The fourth-order valence-electron chi connectivity index (χ4n) is 1.88. The maximum absolute atomic E-state index is 13.7. The summed E-state index contributed by atoms with van der Waals surface area (Å²) in [5, 5.41) is 9.41. The van der Waals surface area contributed by atoms with E-state index in [-0.39, 0.29) is 0 Å². The highest BCUT2D eigenvalue weighted by molar-refractivity contribution is 7.89. The Kier molecular flexibility index (Phi) is 6.23. The number of hydrogen-bond donors (Lipinski definition) is 2. The Bertz CT molecular complexity index is 866. The normalized spacial score (nSPS) is 11.1. The number of benzene rings is 1. The van der Waals surface area contributed by atoms with E-state index in [4.69, 9.17) is 9.88 Å². The Labute approximate surface area is 147 Å². The van der Waals surface area contributed by atoms with E-state index >= 15 is 0 Å². The molecule has 0 spiro atoms. The van der Waals surface area contributed by atoms with Gasteiger partial charge in [-0.05, 0) is 36.1 Å². The van der Waals surface area contributed by atoms with Crippen LogP contribution in [0, 0.1) is 5.82 Å². The number of nitrogens with one attached hydrogen (secondary N) is 1. The van der Waals surface area contributed by atoms with Gasteiger partial charge in [0.15, 0.2) is 6.61 Å². The number of esters is 1. The molecular formula is C15H15FN2O5S2. The summed E-state index contributed by atoms with van der Waals surface area (Å²) in [5.74, 6) is -2.68. The first-order valence-electron chi connectivity index (χ1n) is 7.06. The summed E-state index contributed by atoms with van der Waals surface area (Å²) in [6.45, 7) is -0.242. The number of thiophene rings is 1. The van der Waals surface area contributed by atoms with Crippen LogP contribution in [0.15, 0.2) is 40.6 Å². The number of carbonyl (C=O) groups excluding carboxylic acids is 2. The van der Waals surface area contributed by atoms with Gasteiger partial charge in [0.25, 0.3) is 5.91 Å². The van der Waals surface area contributed by atoms with Crippen molar-refractivity contribution >= 4 is 33.2 Å². The average molecular weight is 386 g/mol. The van der Waals surface area contributed by atoms with Crippen LogP contribution in [0.1, 0.15) is 15.2 Å². The lowest BCUT2D eigenvalue weighted by Gasteiger charge is -2.08. The largest absolute Gasteiger partial charge is 0.452 e. The van der Waals surface area contributed by atoms with E-state index in [0.29, 0.717) is 13.0 Å². The van der Waals surface area contributed by atoms with Crippen molar-refractivity contribution in [3.05, 3.63) is 52.0 Å². The SMILES string of the molecule is NS(=O)(=O)c1ccc(F)c(C(=O)OCC(=O)NCCc2cccs2)c1. The predicted octanol–water partition coefficient (Wildman–Crippen LogP) is 1.05. The molecule has 1 amide bonds. The smallest absolute Gasteiger partial charge is 0.341 e. The van der Waals surface area contributed by atoms with E-state index in [1.807, 2.05) is 17.5 Å². The molecule has 3 N–H and O–H groups in total. The molecular weight excluding hydrogens is 371 g/mol. The Balaban J connectivity index is 1.88. The van der Waals surface area contributed by atoms with Gasteiger partial charge in [-0.25, -0.2) is 22.7 Å². The van der Waals surface area contributed by atoms with Crippen molar-refractivity contribution < 1.29 is 27.1 Å². The van der Waals surface area contributed by atoms with Gasteiger partial charge in [0.1, 0.15) is 5.82 Å². The molecule has 1 aromatic heterocycles. The lowest BCUT2D eigenvalue weighted by atomic mass is 10.2. The molecule has 0 fully saturated rings. The van der Waals surface area contributed by atoms with E-state index in [0.717, 1.165) is 23.1 Å². The highest BCUT2D eigenvalue weighted by Crippen LogP contribution is 2.15. The van der Waals surface area contributed by atoms with E-state index in [1.165, 1.54) is 0 Å². The molecule has 25 heavy (non-hydrogen) atoms. The fourth-order valence-corrected chi connectivity index (χ4v) is 3.13. The maximum Gasteiger partial charge on any atom is 0.341 e. The van der Waals surface area contributed by atoms with Crippen LogP contribution >= 0.6 is 11.3 Å². The van der Waals surface area contributed by atoms with Crippen molar-refractivity contribution in [2.75, 3.05) is 13.2 Å². The van der Waals surface area contributed by atoms with Crippen LogP contribution in [0.4, 0.5) is 4.39 Å². The standard InChI is InChI=1S/C15H15FN2O5S2/c16-13-4-3-11(25(17,21)22)8-12(13)15(20)23-9-14(19)18-6-5-10-2-1-7-24-10/h1-4,7-8H,5-6,9H2,(H,18,19)(H2,17,21,22). The van der Waals surface area contributed by atoms with Gasteiger partial charge in [-0.1, -0.05) is 6.07 Å². The van der Waals surface area contributed by atoms with Crippen LogP contribution in [0.5, 0.6) is 0 Å². The van der Waals surface area contributed by atoms with Crippen molar-refractivity contribution in [3.8, 4) is 0 Å². The molecule has 0 radical (unpaired) electrons. The molecule has 2 rings (SSSR count). The summed E-state index contributed by atoms with van der Waals surface area (Å²) in [7, 11) is -4.09. The van der Waals surface area contributed by atoms with Gasteiger partial charge in [0.05, 0.1) is 10.5 Å². The Hall–Kier alpha value is -2.30. The number of ether oxygens (including phenoxy) is 1. The van der Waals surface area contributed by atoms with Crippen LogP contribution in [0.2, 0.25) is 0 Å². The van der Waals surface area contributed by atoms with Crippen molar-refractivity contribution in [1.29, 1.82) is 0 Å². The molecule has 1 heterocycles. The topological polar surface area (TPSA) is 116 Å². The minimum Gasteiger partial charge on any atom is -0.452 e. The Morgan fingerprint density at radius 3 is 2.68 bits per heavy atom. The van der Waals surface area contributed by atoms with Crippen molar-refractivity contribution in [2.24, 2.45) is 5.14 Å². The zero-order chi connectivity index (χ0) is 18.4. The summed E-state index contributed by atoms with van der Waals surface area (Å²) >= 11 is 1.56. The molecule has 2 aromatic rings. The number of rotatable bonds is 7. The second kappa shape index (κ2) is 8.19. The Morgan fingerprint density at radius 1 is 1.28 bits per heavy atom. The highest BCUT2D eigenvalue weighted by atomic mass is 32.2. The summed E-state index contributed by atoms with van der Waals surface area (Å²) in [4.78, 5) is 24.1. The van der Waals surface area contributed by atoms with Gasteiger partial charge in [-0.2, -0.15) is 0 Å². The number of halogens is 1. The molecule has 0 aliphatic heterocycles. The minimum absolute atomic E-state index is 0.367. The van der Waals surface area contributed by atoms with Gasteiger partial charge >= 0.3 is 5.97 Å². The van der Waals surface area contributed by atoms with Crippen molar-refractivity contribution in [2.45, 2.75) is 11.3 Å². The first-order chi connectivity index (χ1) is 11.8. The van der Waals surface area contributed by atoms with Gasteiger partial charge < -0.3 is 10.1 Å². The number of carbonyl (C=O) groups is 2. The molecule has 0 bridgehead atoms. The van der Waals surface area contributed by atoms with Gasteiger partial charge in [0.2, 0.25) is 10.0 Å². The number of primary sulfonamides is 1. The molecule has 7 nitrogen and oxygen atoms in total. The van der Waals surface area contributed by atoms with Crippen LogP contribution in [-0.4, -0.2) is 33.4 Å².